The average Bonchev–Trinajstić information content (AvgIpc) is 2.31. The predicted molar refractivity (Wildman–Crippen MR) is 51.5 cm³/mol. The minimum absolute atomic E-state index is 0.224. The van der Waals surface area contributed by atoms with Crippen LogP contribution in [0.3, 0.4) is 0 Å². The van der Waals surface area contributed by atoms with Gasteiger partial charge in [0.2, 0.25) is 0 Å². The topological polar surface area (TPSA) is 55.4 Å². The highest BCUT2D eigenvalue weighted by atomic mass is 16.5. The molecule has 0 fully saturated rings. The predicted octanol–water partition coefficient (Wildman–Crippen LogP) is 0.632. The summed E-state index contributed by atoms with van der Waals surface area (Å²) in [6, 6.07) is 0. The van der Waals surface area contributed by atoms with Gasteiger partial charge in [0.1, 0.15) is 0 Å². The number of nitrogens with one attached hydrogen (secondary N) is 1. The van der Waals surface area contributed by atoms with E-state index in [9.17, 15) is 9.59 Å². The molecular formula is C10H15NO3. The van der Waals surface area contributed by atoms with Crippen LogP contribution in [-0.2, 0) is 14.3 Å². The summed E-state index contributed by atoms with van der Waals surface area (Å²) in [5.74, 6) is -0.203. The molecule has 0 saturated heterocycles. The Hall–Kier alpha value is -1.16. The van der Waals surface area contributed by atoms with Crippen molar-refractivity contribution >= 4 is 11.8 Å². The molecule has 0 aromatic rings. The number of hydrogen-bond donors (Lipinski definition) is 1. The molecule has 0 aromatic heterocycles. The molecule has 4 nitrogen and oxygen atoms in total. The van der Waals surface area contributed by atoms with Crippen molar-refractivity contribution in [1.82, 2.24) is 5.32 Å². The Morgan fingerprint density at radius 3 is 2.36 bits per heavy atom. The van der Waals surface area contributed by atoms with Gasteiger partial charge in [-0.05, 0) is 12.8 Å². The highest BCUT2D eigenvalue weighted by molar-refractivity contribution is 6.19. The van der Waals surface area contributed by atoms with E-state index in [0.717, 1.165) is 0 Å². The molecule has 1 rings (SSSR count). The Kier molecular flexibility index (Phi) is 3.41. The molecule has 0 atom stereocenters. The SMILES string of the molecule is CC1=C(COCC(C)C)C(=O)NC1=O. The van der Waals surface area contributed by atoms with Gasteiger partial charge in [0, 0.05) is 12.2 Å². The molecule has 1 heterocycles. The van der Waals surface area contributed by atoms with Crippen LogP contribution < -0.4 is 5.32 Å². The van der Waals surface area contributed by atoms with Crippen LogP contribution >= 0.6 is 0 Å². The number of amides is 2. The molecule has 0 radical (unpaired) electrons. The van der Waals surface area contributed by atoms with E-state index in [2.05, 4.69) is 5.32 Å². The van der Waals surface area contributed by atoms with Crippen LogP contribution in [0.2, 0.25) is 0 Å². The first-order valence-corrected chi connectivity index (χ1v) is 4.65. The highest BCUT2D eigenvalue weighted by Crippen LogP contribution is 2.12. The van der Waals surface area contributed by atoms with Gasteiger partial charge >= 0.3 is 0 Å². The van der Waals surface area contributed by atoms with Gasteiger partial charge in [-0.3, -0.25) is 14.9 Å². The summed E-state index contributed by atoms with van der Waals surface area (Å²) in [4.78, 5) is 22.2. The Bertz CT molecular complexity index is 292. The normalized spacial score (nSPS) is 16.9. The van der Waals surface area contributed by atoms with E-state index >= 15 is 0 Å². The first-order valence-electron chi connectivity index (χ1n) is 4.65. The lowest BCUT2D eigenvalue weighted by Gasteiger charge is -2.06. The zero-order chi connectivity index (χ0) is 10.7. The van der Waals surface area contributed by atoms with Crippen molar-refractivity contribution in [3.63, 3.8) is 0 Å². The van der Waals surface area contributed by atoms with Crippen LogP contribution in [0.1, 0.15) is 20.8 Å². The zero-order valence-electron chi connectivity index (χ0n) is 8.72. The van der Waals surface area contributed by atoms with Gasteiger partial charge in [0.15, 0.2) is 0 Å². The van der Waals surface area contributed by atoms with Crippen LogP contribution in [0.5, 0.6) is 0 Å². The van der Waals surface area contributed by atoms with Crippen LogP contribution in [0.15, 0.2) is 11.1 Å². The summed E-state index contributed by atoms with van der Waals surface area (Å²) in [6.07, 6.45) is 0. The first-order chi connectivity index (χ1) is 6.52. The lowest BCUT2D eigenvalue weighted by atomic mass is 10.2. The maximum atomic E-state index is 11.2. The van der Waals surface area contributed by atoms with Crippen molar-refractivity contribution in [2.24, 2.45) is 5.92 Å². The maximum absolute atomic E-state index is 11.2. The van der Waals surface area contributed by atoms with E-state index in [4.69, 9.17) is 4.74 Å². The fourth-order valence-corrected chi connectivity index (χ4v) is 1.15. The summed E-state index contributed by atoms with van der Waals surface area (Å²) in [6.45, 7) is 6.51. The number of imide groups is 1. The first kappa shape index (κ1) is 10.9. The molecule has 78 valence electrons. The molecule has 0 aliphatic carbocycles. The Morgan fingerprint density at radius 1 is 1.29 bits per heavy atom. The summed E-state index contributed by atoms with van der Waals surface area (Å²) in [7, 11) is 0. The van der Waals surface area contributed by atoms with Gasteiger partial charge in [-0.15, -0.1) is 0 Å². The van der Waals surface area contributed by atoms with E-state index in [1.165, 1.54) is 0 Å². The number of hydrogen-bond acceptors (Lipinski definition) is 3. The summed E-state index contributed by atoms with van der Waals surface area (Å²) < 4.78 is 5.30. The Labute approximate surface area is 83.3 Å². The van der Waals surface area contributed by atoms with E-state index in [1.807, 2.05) is 13.8 Å². The lowest BCUT2D eigenvalue weighted by molar-refractivity contribution is -0.124. The summed E-state index contributed by atoms with van der Waals surface area (Å²) in [5.41, 5.74) is 0.925. The van der Waals surface area contributed by atoms with Crippen molar-refractivity contribution in [3.05, 3.63) is 11.1 Å². The van der Waals surface area contributed by atoms with Crippen molar-refractivity contribution in [1.29, 1.82) is 0 Å². The third-order valence-electron chi connectivity index (χ3n) is 1.99. The van der Waals surface area contributed by atoms with Crippen molar-refractivity contribution in [2.75, 3.05) is 13.2 Å². The molecular weight excluding hydrogens is 182 g/mol. The molecule has 2 amide bonds. The fourth-order valence-electron chi connectivity index (χ4n) is 1.15. The smallest absolute Gasteiger partial charge is 0.256 e. The molecule has 0 bridgehead atoms. The minimum Gasteiger partial charge on any atom is -0.376 e. The number of ether oxygens (including phenoxy) is 1. The molecule has 0 spiro atoms. The molecule has 0 aromatic carbocycles. The van der Waals surface area contributed by atoms with Crippen molar-refractivity contribution < 1.29 is 14.3 Å². The molecule has 0 saturated carbocycles. The molecule has 1 N–H and O–H groups in total. The monoisotopic (exact) mass is 197 g/mol. The van der Waals surface area contributed by atoms with Crippen molar-refractivity contribution in [2.45, 2.75) is 20.8 Å². The number of carbonyl (C=O) groups excluding carboxylic acids is 2. The van der Waals surface area contributed by atoms with Gasteiger partial charge in [0.25, 0.3) is 11.8 Å². The number of rotatable bonds is 4. The van der Waals surface area contributed by atoms with Crippen LogP contribution in [0.4, 0.5) is 0 Å². The van der Waals surface area contributed by atoms with Gasteiger partial charge in [-0.25, -0.2) is 0 Å². The molecule has 14 heavy (non-hydrogen) atoms. The van der Waals surface area contributed by atoms with Gasteiger partial charge in [0.05, 0.1) is 12.2 Å². The molecule has 1 aliphatic rings. The van der Waals surface area contributed by atoms with Crippen LogP contribution in [0.25, 0.3) is 0 Å². The quantitative estimate of drug-likeness (QED) is 0.672. The third-order valence-corrected chi connectivity index (χ3v) is 1.99. The summed E-state index contributed by atoms with van der Waals surface area (Å²) in [5, 5.41) is 2.22. The fraction of sp³-hybridized carbons (Fsp3) is 0.600. The molecule has 4 heteroatoms. The Morgan fingerprint density at radius 2 is 1.93 bits per heavy atom. The Balaban J connectivity index is 2.51. The standard InChI is InChI=1S/C10H15NO3/c1-6(2)4-14-5-8-7(3)9(12)11-10(8)13/h6H,4-5H2,1-3H3,(H,11,12,13). The maximum Gasteiger partial charge on any atom is 0.256 e. The molecule has 1 aliphatic heterocycles. The summed E-state index contributed by atoms with van der Waals surface area (Å²) >= 11 is 0. The van der Waals surface area contributed by atoms with E-state index in [-0.39, 0.29) is 18.4 Å². The number of carbonyl (C=O) groups is 2. The average molecular weight is 197 g/mol. The van der Waals surface area contributed by atoms with E-state index < -0.39 is 0 Å². The van der Waals surface area contributed by atoms with Crippen LogP contribution in [-0.4, -0.2) is 25.0 Å². The van der Waals surface area contributed by atoms with E-state index in [1.54, 1.807) is 6.92 Å². The van der Waals surface area contributed by atoms with Gasteiger partial charge < -0.3 is 4.74 Å². The minimum atomic E-state index is -0.323. The molecule has 0 unspecified atom stereocenters. The second-order valence-corrected chi connectivity index (χ2v) is 3.80. The zero-order valence-corrected chi connectivity index (χ0v) is 8.72. The van der Waals surface area contributed by atoms with Crippen LogP contribution in [0, 0.1) is 5.92 Å². The van der Waals surface area contributed by atoms with E-state index in [0.29, 0.717) is 23.7 Å². The largest absolute Gasteiger partial charge is 0.376 e. The second-order valence-electron chi connectivity index (χ2n) is 3.80. The van der Waals surface area contributed by atoms with Gasteiger partial charge in [-0.2, -0.15) is 0 Å². The lowest BCUT2D eigenvalue weighted by Crippen LogP contribution is -2.24. The van der Waals surface area contributed by atoms with Crippen molar-refractivity contribution in [3.8, 4) is 0 Å². The third kappa shape index (κ3) is 2.42. The highest BCUT2D eigenvalue weighted by Gasteiger charge is 2.26. The second kappa shape index (κ2) is 4.37. The van der Waals surface area contributed by atoms with Gasteiger partial charge in [-0.1, -0.05) is 13.8 Å².